The summed E-state index contributed by atoms with van der Waals surface area (Å²) in [7, 11) is -3.57. The van der Waals surface area contributed by atoms with Gasteiger partial charge in [-0.25, -0.2) is 8.42 Å². The highest BCUT2D eigenvalue weighted by Gasteiger charge is 2.14. The Bertz CT molecular complexity index is 560. The van der Waals surface area contributed by atoms with Crippen molar-refractivity contribution in [3.05, 3.63) is 36.0 Å². The maximum atomic E-state index is 11.8. The van der Waals surface area contributed by atoms with Crippen molar-refractivity contribution in [2.24, 2.45) is 0 Å². The zero-order chi connectivity index (χ0) is 11.6. The predicted octanol–water partition coefficient (Wildman–Crippen LogP) is 0.914. The van der Waals surface area contributed by atoms with E-state index >= 15 is 0 Å². The first kappa shape index (κ1) is 10.6. The van der Waals surface area contributed by atoms with Crippen LogP contribution in [0.5, 0.6) is 0 Å². The quantitative estimate of drug-likeness (QED) is 0.832. The monoisotopic (exact) mass is 238 g/mol. The summed E-state index contributed by atoms with van der Waals surface area (Å²) in [6, 6.07) is 6.55. The highest BCUT2D eigenvalue weighted by molar-refractivity contribution is 7.92. The SMILES string of the molecule is Cc1ccc(S(=O)(=O)Nc2cn[nH]n2)cc1. The third-order valence-corrected chi connectivity index (χ3v) is 3.36. The molecule has 7 heteroatoms. The molecule has 1 aromatic carbocycles. The van der Waals surface area contributed by atoms with Crippen LogP contribution < -0.4 is 4.72 Å². The van der Waals surface area contributed by atoms with E-state index in [0.717, 1.165) is 5.56 Å². The van der Waals surface area contributed by atoms with Gasteiger partial charge in [0.2, 0.25) is 0 Å². The van der Waals surface area contributed by atoms with E-state index in [0.29, 0.717) is 0 Å². The first-order valence-electron chi connectivity index (χ1n) is 4.53. The number of sulfonamides is 1. The van der Waals surface area contributed by atoms with Crippen LogP contribution in [-0.2, 0) is 10.0 Å². The second-order valence-corrected chi connectivity index (χ2v) is 4.96. The number of anilines is 1. The van der Waals surface area contributed by atoms with E-state index < -0.39 is 10.0 Å². The molecule has 16 heavy (non-hydrogen) atoms. The number of aryl methyl sites for hydroxylation is 1. The van der Waals surface area contributed by atoms with Crippen molar-refractivity contribution in [3.8, 4) is 0 Å². The highest BCUT2D eigenvalue weighted by atomic mass is 32.2. The molecule has 0 amide bonds. The average Bonchev–Trinajstić information content (AvgIpc) is 2.70. The minimum absolute atomic E-state index is 0.167. The predicted molar refractivity (Wildman–Crippen MR) is 58.4 cm³/mol. The second-order valence-electron chi connectivity index (χ2n) is 3.27. The Hall–Kier alpha value is -1.89. The fourth-order valence-corrected chi connectivity index (χ4v) is 2.15. The van der Waals surface area contributed by atoms with E-state index in [9.17, 15) is 8.42 Å². The summed E-state index contributed by atoms with van der Waals surface area (Å²) >= 11 is 0. The summed E-state index contributed by atoms with van der Waals surface area (Å²) in [4.78, 5) is 0.195. The van der Waals surface area contributed by atoms with Crippen LogP contribution in [0.4, 0.5) is 5.82 Å². The van der Waals surface area contributed by atoms with Crippen LogP contribution in [0.25, 0.3) is 0 Å². The minimum atomic E-state index is -3.57. The zero-order valence-electron chi connectivity index (χ0n) is 8.51. The molecule has 1 heterocycles. The van der Waals surface area contributed by atoms with Crippen molar-refractivity contribution in [1.29, 1.82) is 0 Å². The Morgan fingerprint density at radius 1 is 1.25 bits per heavy atom. The molecule has 0 radical (unpaired) electrons. The summed E-state index contributed by atoms with van der Waals surface area (Å²) in [5.74, 6) is 0.167. The average molecular weight is 238 g/mol. The van der Waals surface area contributed by atoms with Gasteiger partial charge in [-0.05, 0) is 19.1 Å². The Morgan fingerprint density at radius 2 is 1.94 bits per heavy atom. The van der Waals surface area contributed by atoms with E-state index in [4.69, 9.17) is 0 Å². The normalized spacial score (nSPS) is 11.3. The molecule has 2 rings (SSSR count). The molecule has 1 aromatic heterocycles. The van der Waals surface area contributed by atoms with Crippen molar-refractivity contribution in [2.75, 3.05) is 4.72 Å². The fourth-order valence-electron chi connectivity index (χ4n) is 1.16. The van der Waals surface area contributed by atoms with Gasteiger partial charge >= 0.3 is 0 Å². The number of nitrogens with one attached hydrogen (secondary N) is 2. The number of hydrogen-bond acceptors (Lipinski definition) is 4. The van der Waals surface area contributed by atoms with Gasteiger partial charge in [0.1, 0.15) is 0 Å². The lowest BCUT2D eigenvalue weighted by Crippen LogP contribution is -2.13. The molecule has 0 aliphatic heterocycles. The highest BCUT2D eigenvalue weighted by Crippen LogP contribution is 2.13. The largest absolute Gasteiger partial charge is 0.263 e. The van der Waals surface area contributed by atoms with Crippen molar-refractivity contribution >= 4 is 15.8 Å². The van der Waals surface area contributed by atoms with Gasteiger partial charge in [-0.3, -0.25) is 4.72 Å². The molecule has 0 saturated heterocycles. The molecular weight excluding hydrogens is 228 g/mol. The molecule has 0 atom stereocenters. The number of hydrogen-bond donors (Lipinski definition) is 2. The molecule has 2 N–H and O–H groups in total. The smallest absolute Gasteiger partial charge is 0.261 e. The molecule has 0 bridgehead atoms. The van der Waals surface area contributed by atoms with Crippen LogP contribution in [0.15, 0.2) is 35.4 Å². The van der Waals surface area contributed by atoms with Gasteiger partial charge in [-0.15, -0.1) is 5.10 Å². The van der Waals surface area contributed by atoms with Crippen LogP contribution in [-0.4, -0.2) is 23.8 Å². The lowest BCUT2D eigenvalue weighted by Gasteiger charge is -2.04. The van der Waals surface area contributed by atoms with Crippen LogP contribution in [0.1, 0.15) is 5.56 Å². The first-order chi connectivity index (χ1) is 7.58. The molecular formula is C9H10N4O2S. The number of aromatic nitrogens is 3. The molecule has 84 valence electrons. The Balaban J connectivity index is 2.29. The minimum Gasteiger partial charge on any atom is -0.261 e. The van der Waals surface area contributed by atoms with Crippen molar-refractivity contribution in [1.82, 2.24) is 15.4 Å². The fraction of sp³-hybridized carbons (Fsp3) is 0.111. The third-order valence-electron chi connectivity index (χ3n) is 1.99. The first-order valence-corrected chi connectivity index (χ1v) is 6.01. The Labute approximate surface area is 92.7 Å². The summed E-state index contributed by atoms with van der Waals surface area (Å²) < 4.78 is 25.9. The molecule has 6 nitrogen and oxygen atoms in total. The maximum absolute atomic E-state index is 11.8. The number of nitrogens with zero attached hydrogens (tertiary/aromatic N) is 2. The molecule has 2 aromatic rings. The summed E-state index contributed by atoms with van der Waals surface area (Å²) in [5, 5.41) is 9.46. The van der Waals surface area contributed by atoms with Crippen LogP contribution in [0.2, 0.25) is 0 Å². The standard InChI is InChI=1S/C9H10N4O2S/c1-7-2-4-8(5-3-7)16(14,15)12-9-6-10-13-11-9/h2-6H,1H3,(H2,10,11,12,13). The van der Waals surface area contributed by atoms with Crippen molar-refractivity contribution in [2.45, 2.75) is 11.8 Å². The van der Waals surface area contributed by atoms with E-state index in [-0.39, 0.29) is 10.7 Å². The van der Waals surface area contributed by atoms with E-state index in [1.807, 2.05) is 6.92 Å². The van der Waals surface area contributed by atoms with Gasteiger partial charge in [0.15, 0.2) is 5.82 Å². The van der Waals surface area contributed by atoms with Gasteiger partial charge in [-0.1, -0.05) is 17.7 Å². The van der Waals surface area contributed by atoms with Gasteiger partial charge in [0.25, 0.3) is 10.0 Å². The number of H-pyrrole nitrogens is 1. The lowest BCUT2D eigenvalue weighted by molar-refractivity contribution is 0.601. The molecule has 0 fully saturated rings. The van der Waals surface area contributed by atoms with Crippen molar-refractivity contribution < 1.29 is 8.42 Å². The molecule has 0 unspecified atom stereocenters. The van der Waals surface area contributed by atoms with Gasteiger partial charge < -0.3 is 0 Å². The van der Waals surface area contributed by atoms with Gasteiger partial charge in [0, 0.05) is 0 Å². The topological polar surface area (TPSA) is 87.7 Å². The summed E-state index contributed by atoms with van der Waals surface area (Å²) in [6.45, 7) is 1.89. The van der Waals surface area contributed by atoms with E-state index in [2.05, 4.69) is 20.1 Å². The Kier molecular flexibility index (Phi) is 2.61. The van der Waals surface area contributed by atoms with E-state index in [1.54, 1.807) is 12.1 Å². The van der Waals surface area contributed by atoms with Crippen LogP contribution in [0, 0.1) is 6.92 Å². The van der Waals surface area contributed by atoms with Gasteiger partial charge in [-0.2, -0.15) is 10.3 Å². The lowest BCUT2D eigenvalue weighted by atomic mass is 10.2. The van der Waals surface area contributed by atoms with Gasteiger partial charge in [0.05, 0.1) is 11.1 Å². The van der Waals surface area contributed by atoms with Crippen LogP contribution in [0.3, 0.4) is 0 Å². The van der Waals surface area contributed by atoms with Crippen LogP contribution >= 0.6 is 0 Å². The zero-order valence-corrected chi connectivity index (χ0v) is 9.32. The summed E-state index contributed by atoms with van der Waals surface area (Å²) in [5.41, 5.74) is 1.00. The number of aromatic amines is 1. The van der Waals surface area contributed by atoms with Crippen molar-refractivity contribution in [3.63, 3.8) is 0 Å². The molecule has 0 aliphatic rings. The Morgan fingerprint density at radius 3 is 2.50 bits per heavy atom. The number of rotatable bonds is 3. The van der Waals surface area contributed by atoms with E-state index in [1.165, 1.54) is 18.3 Å². The molecule has 0 spiro atoms. The maximum Gasteiger partial charge on any atom is 0.263 e. The third kappa shape index (κ3) is 2.19. The number of benzene rings is 1. The second kappa shape index (κ2) is 3.93. The molecule has 0 saturated carbocycles. The molecule has 0 aliphatic carbocycles. The summed E-state index contributed by atoms with van der Waals surface area (Å²) in [6.07, 6.45) is 1.30.